The number of hydrogen-bond acceptors (Lipinski definition) is 10. The molecule has 8 nitrogen and oxygen atoms in total. The third kappa shape index (κ3) is 5.16. The number of hydrogen-bond donors (Lipinski definition) is 2. The van der Waals surface area contributed by atoms with Gasteiger partial charge in [-0.15, -0.1) is 23.1 Å². The summed E-state index contributed by atoms with van der Waals surface area (Å²) in [6.45, 7) is 1.87. The number of aromatic nitrogens is 4. The third-order valence-corrected chi connectivity index (χ3v) is 3.98. The molecule has 2 aromatic heterocycles. The standard InChI is InChI=1S/C11H14N6O2S2/c1-6-14-7(4-21-6)3-20-5-9(18)19-2-8-15-10(12)17-11(13)16-8/h4H,2-3,5H2,1H3,(H4,12,13,15,16,17). The number of esters is 1. The van der Waals surface area contributed by atoms with E-state index in [4.69, 9.17) is 16.2 Å². The second-order valence-electron chi connectivity index (χ2n) is 3.98. The topological polar surface area (TPSA) is 130 Å². The molecule has 2 rings (SSSR count). The van der Waals surface area contributed by atoms with Crippen LogP contribution in [-0.2, 0) is 21.9 Å². The highest BCUT2D eigenvalue weighted by Gasteiger charge is 2.08. The number of ether oxygens (including phenoxy) is 1. The van der Waals surface area contributed by atoms with Crippen LogP contribution in [0.3, 0.4) is 0 Å². The number of carbonyl (C=O) groups excluding carboxylic acids is 1. The van der Waals surface area contributed by atoms with Gasteiger partial charge in [-0.25, -0.2) is 4.98 Å². The van der Waals surface area contributed by atoms with E-state index < -0.39 is 0 Å². The maximum atomic E-state index is 11.6. The number of rotatable bonds is 6. The minimum absolute atomic E-state index is 0.00169. The van der Waals surface area contributed by atoms with Crippen LogP contribution in [-0.4, -0.2) is 31.7 Å². The molecule has 0 radical (unpaired) electrons. The molecular weight excluding hydrogens is 312 g/mol. The van der Waals surface area contributed by atoms with Crippen LogP contribution in [0, 0.1) is 6.92 Å². The summed E-state index contributed by atoms with van der Waals surface area (Å²) in [5.41, 5.74) is 11.8. The molecule has 0 fully saturated rings. The lowest BCUT2D eigenvalue weighted by Crippen LogP contribution is -2.12. The van der Waals surface area contributed by atoms with Gasteiger partial charge in [-0.05, 0) is 6.92 Å². The Hall–Kier alpha value is -1.94. The fraction of sp³-hybridized carbons (Fsp3) is 0.364. The van der Waals surface area contributed by atoms with Crippen molar-refractivity contribution in [1.29, 1.82) is 0 Å². The van der Waals surface area contributed by atoms with Gasteiger partial charge < -0.3 is 16.2 Å². The molecule has 0 saturated carbocycles. The molecule has 2 aromatic rings. The summed E-state index contributed by atoms with van der Waals surface area (Å²) in [5.74, 6) is 0.777. The molecule has 2 heterocycles. The van der Waals surface area contributed by atoms with Crippen LogP contribution in [0.2, 0.25) is 0 Å². The molecule has 10 heteroatoms. The smallest absolute Gasteiger partial charge is 0.316 e. The van der Waals surface area contributed by atoms with E-state index in [2.05, 4.69) is 19.9 Å². The molecule has 21 heavy (non-hydrogen) atoms. The van der Waals surface area contributed by atoms with Crippen LogP contribution >= 0.6 is 23.1 Å². The summed E-state index contributed by atoms with van der Waals surface area (Å²) in [7, 11) is 0. The molecular formula is C11H14N6O2S2. The number of aryl methyl sites for hydroxylation is 1. The Morgan fingerprint density at radius 3 is 2.62 bits per heavy atom. The van der Waals surface area contributed by atoms with Crippen molar-refractivity contribution in [3.05, 3.63) is 21.9 Å². The van der Waals surface area contributed by atoms with Crippen molar-refractivity contribution >= 4 is 41.0 Å². The molecule has 0 amide bonds. The minimum Gasteiger partial charge on any atom is -0.457 e. The van der Waals surface area contributed by atoms with Crippen molar-refractivity contribution in [1.82, 2.24) is 19.9 Å². The van der Waals surface area contributed by atoms with Crippen LogP contribution in [0.15, 0.2) is 5.38 Å². The normalized spacial score (nSPS) is 10.5. The Labute approximate surface area is 129 Å². The lowest BCUT2D eigenvalue weighted by atomic mass is 10.6. The largest absolute Gasteiger partial charge is 0.457 e. The molecule has 0 aliphatic rings. The lowest BCUT2D eigenvalue weighted by Gasteiger charge is -2.04. The predicted molar refractivity (Wildman–Crippen MR) is 81.5 cm³/mol. The van der Waals surface area contributed by atoms with Gasteiger partial charge in [-0.1, -0.05) is 0 Å². The molecule has 0 bridgehead atoms. The highest BCUT2D eigenvalue weighted by Crippen LogP contribution is 2.15. The van der Waals surface area contributed by atoms with Crippen molar-refractivity contribution in [2.45, 2.75) is 19.3 Å². The van der Waals surface area contributed by atoms with E-state index >= 15 is 0 Å². The van der Waals surface area contributed by atoms with Gasteiger partial charge in [0.25, 0.3) is 0 Å². The van der Waals surface area contributed by atoms with E-state index in [1.54, 1.807) is 11.3 Å². The Balaban J connectivity index is 1.72. The summed E-state index contributed by atoms with van der Waals surface area (Å²) in [6.07, 6.45) is 0. The fourth-order valence-electron chi connectivity index (χ4n) is 1.42. The van der Waals surface area contributed by atoms with Gasteiger partial charge in [0.2, 0.25) is 11.9 Å². The Morgan fingerprint density at radius 2 is 2.00 bits per heavy atom. The number of nitrogens with two attached hydrogens (primary N) is 2. The number of thiazole rings is 1. The lowest BCUT2D eigenvalue weighted by molar-refractivity contribution is -0.141. The van der Waals surface area contributed by atoms with Crippen molar-refractivity contribution in [2.75, 3.05) is 17.2 Å². The van der Waals surface area contributed by atoms with Crippen LogP contribution in [0.4, 0.5) is 11.9 Å². The Kier molecular flexibility index (Phi) is 5.28. The minimum atomic E-state index is -0.357. The Morgan fingerprint density at radius 1 is 1.29 bits per heavy atom. The van der Waals surface area contributed by atoms with Crippen LogP contribution in [0.1, 0.15) is 16.5 Å². The zero-order valence-electron chi connectivity index (χ0n) is 11.3. The number of anilines is 2. The average molecular weight is 326 g/mol. The van der Waals surface area contributed by atoms with Crippen molar-refractivity contribution in [2.24, 2.45) is 0 Å². The molecule has 4 N–H and O–H groups in total. The molecule has 0 unspecified atom stereocenters. The van der Waals surface area contributed by atoms with Gasteiger partial charge in [0, 0.05) is 11.1 Å². The Bertz CT molecular complexity index is 613. The molecule has 0 aliphatic carbocycles. The van der Waals surface area contributed by atoms with E-state index in [1.807, 2.05) is 12.3 Å². The second kappa shape index (κ2) is 7.18. The monoisotopic (exact) mass is 326 g/mol. The molecule has 0 spiro atoms. The van der Waals surface area contributed by atoms with Crippen LogP contribution < -0.4 is 11.5 Å². The highest BCUT2D eigenvalue weighted by molar-refractivity contribution is 7.99. The van der Waals surface area contributed by atoms with Gasteiger partial charge in [-0.2, -0.15) is 15.0 Å². The molecule has 112 valence electrons. The number of nitrogen functional groups attached to an aromatic ring is 2. The first kappa shape index (κ1) is 15.4. The van der Waals surface area contributed by atoms with E-state index in [0.717, 1.165) is 10.7 Å². The van der Waals surface area contributed by atoms with Crippen LogP contribution in [0.5, 0.6) is 0 Å². The number of thioether (sulfide) groups is 1. The molecule has 0 saturated heterocycles. The van der Waals surface area contributed by atoms with Gasteiger partial charge in [-0.3, -0.25) is 4.79 Å². The summed E-state index contributed by atoms with van der Waals surface area (Å²) in [6, 6.07) is 0. The van der Waals surface area contributed by atoms with Crippen molar-refractivity contribution in [3.8, 4) is 0 Å². The van der Waals surface area contributed by atoms with Gasteiger partial charge in [0.15, 0.2) is 12.4 Å². The van der Waals surface area contributed by atoms with Crippen molar-refractivity contribution < 1.29 is 9.53 Å². The zero-order chi connectivity index (χ0) is 15.2. The zero-order valence-corrected chi connectivity index (χ0v) is 12.9. The predicted octanol–water partition coefficient (Wildman–Crippen LogP) is 0.778. The quantitative estimate of drug-likeness (QED) is 0.739. The first-order valence-corrected chi connectivity index (χ1v) is 7.96. The summed E-state index contributed by atoms with van der Waals surface area (Å²) in [4.78, 5) is 27.2. The van der Waals surface area contributed by atoms with Gasteiger partial charge in [0.1, 0.15) is 0 Å². The maximum absolute atomic E-state index is 11.6. The summed E-state index contributed by atoms with van der Waals surface area (Å²) in [5, 5.41) is 2.99. The van der Waals surface area contributed by atoms with Gasteiger partial charge in [0.05, 0.1) is 16.5 Å². The summed E-state index contributed by atoms with van der Waals surface area (Å²) < 4.78 is 5.04. The third-order valence-electron chi connectivity index (χ3n) is 2.21. The van der Waals surface area contributed by atoms with E-state index in [-0.39, 0.29) is 36.1 Å². The SMILES string of the molecule is Cc1nc(CSCC(=O)OCc2nc(N)nc(N)n2)cs1. The second-order valence-corrected chi connectivity index (χ2v) is 6.03. The van der Waals surface area contributed by atoms with E-state index in [0.29, 0.717) is 5.75 Å². The van der Waals surface area contributed by atoms with E-state index in [1.165, 1.54) is 11.8 Å². The highest BCUT2D eigenvalue weighted by atomic mass is 32.2. The first-order valence-electron chi connectivity index (χ1n) is 5.93. The van der Waals surface area contributed by atoms with Gasteiger partial charge >= 0.3 is 5.97 Å². The maximum Gasteiger partial charge on any atom is 0.316 e. The number of carbonyl (C=O) groups is 1. The molecule has 0 aromatic carbocycles. The molecule has 0 aliphatic heterocycles. The first-order chi connectivity index (χ1) is 10.0. The molecule has 0 atom stereocenters. The summed E-state index contributed by atoms with van der Waals surface area (Å²) >= 11 is 3.02. The van der Waals surface area contributed by atoms with E-state index in [9.17, 15) is 4.79 Å². The number of nitrogens with zero attached hydrogens (tertiary/aromatic N) is 4. The fourth-order valence-corrected chi connectivity index (χ4v) is 2.85. The average Bonchev–Trinajstić information content (AvgIpc) is 2.81. The van der Waals surface area contributed by atoms with Crippen molar-refractivity contribution in [3.63, 3.8) is 0 Å². The van der Waals surface area contributed by atoms with Crippen LogP contribution in [0.25, 0.3) is 0 Å².